The molecule has 3 rings (SSSR count). The molecule has 0 atom stereocenters. The Morgan fingerprint density at radius 2 is 1.88 bits per heavy atom. The second kappa shape index (κ2) is 12.8. The van der Waals surface area contributed by atoms with Gasteiger partial charge in [0.1, 0.15) is 17.3 Å². The number of hydrogen-bond acceptors (Lipinski definition) is 5. The highest BCUT2D eigenvalue weighted by Gasteiger charge is 2.19. The minimum Gasteiger partial charge on any atom is -0.370 e. The number of aromatic nitrogens is 4. The van der Waals surface area contributed by atoms with E-state index in [4.69, 9.17) is 10.1 Å². The molecule has 2 heterocycles. The lowest BCUT2D eigenvalue weighted by Gasteiger charge is -2.09. The number of anilines is 1. The summed E-state index contributed by atoms with van der Waals surface area (Å²) in [4.78, 5) is 13.9. The highest BCUT2D eigenvalue weighted by Crippen LogP contribution is 2.30. The van der Waals surface area contributed by atoms with Crippen LogP contribution >= 0.6 is 0 Å². The van der Waals surface area contributed by atoms with Crippen LogP contribution in [0.4, 0.5) is 16.0 Å². The zero-order valence-electron chi connectivity index (χ0n) is 21.0. The van der Waals surface area contributed by atoms with E-state index in [1.165, 1.54) is 6.07 Å². The number of rotatable bonds is 9. The first-order valence-corrected chi connectivity index (χ1v) is 11.8. The molecule has 0 amide bonds. The zero-order valence-corrected chi connectivity index (χ0v) is 21.0. The molecule has 3 aromatic rings. The fourth-order valence-corrected chi connectivity index (χ4v) is 3.25. The Bertz CT molecular complexity index is 1050. The highest BCUT2D eigenvalue weighted by molar-refractivity contribution is 5.68. The van der Waals surface area contributed by atoms with E-state index in [9.17, 15) is 4.39 Å². The Hall–Kier alpha value is -3.09. The van der Waals surface area contributed by atoms with Gasteiger partial charge in [-0.1, -0.05) is 52.8 Å². The lowest BCUT2D eigenvalue weighted by molar-refractivity contribution is 0.587. The van der Waals surface area contributed by atoms with Gasteiger partial charge in [0.25, 0.3) is 0 Å². The van der Waals surface area contributed by atoms with Crippen LogP contribution in [0.15, 0.2) is 35.3 Å². The van der Waals surface area contributed by atoms with Crippen LogP contribution in [0.1, 0.15) is 64.3 Å². The van der Waals surface area contributed by atoms with E-state index in [2.05, 4.69) is 29.1 Å². The predicted molar refractivity (Wildman–Crippen MR) is 136 cm³/mol. The molecule has 0 saturated heterocycles. The topological polar surface area (TPSA) is 68.0 Å². The molecule has 0 aliphatic carbocycles. The Balaban J connectivity index is 0.00000187. The van der Waals surface area contributed by atoms with Crippen LogP contribution in [0.3, 0.4) is 0 Å². The van der Waals surface area contributed by atoms with Crippen LogP contribution in [-0.4, -0.2) is 32.5 Å². The van der Waals surface area contributed by atoms with Gasteiger partial charge in [-0.3, -0.25) is 0 Å². The molecule has 0 bridgehead atoms. The second-order valence-corrected chi connectivity index (χ2v) is 8.09. The van der Waals surface area contributed by atoms with Gasteiger partial charge in [0.05, 0.1) is 6.54 Å². The first kappa shape index (κ1) is 26.2. The van der Waals surface area contributed by atoms with E-state index in [0.717, 1.165) is 36.5 Å². The van der Waals surface area contributed by atoms with Crippen molar-refractivity contribution >= 4 is 17.9 Å². The van der Waals surface area contributed by atoms with Gasteiger partial charge in [-0.2, -0.15) is 5.10 Å². The van der Waals surface area contributed by atoms with E-state index in [1.807, 2.05) is 53.0 Å². The van der Waals surface area contributed by atoms with Crippen LogP contribution in [0.25, 0.3) is 11.5 Å². The fourth-order valence-electron chi connectivity index (χ4n) is 3.25. The summed E-state index contributed by atoms with van der Waals surface area (Å²) >= 11 is 0. The van der Waals surface area contributed by atoms with Gasteiger partial charge >= 0.3 is 0 Å². The van der Waals surface area contributed by atoms with Gasteiger partial charge in [-0.25, -0.2) is 24.0 Å². The minimum atomic E-state index is -0.258. The summed E-state index contributed by atoms with van der Waals surface area (Å²) in [7, 11) is 0. The van der Waals surface area contributed by atoms with E-state index in [1.54, 1.807) is 16.8 Å². The van der Waals surface area contributed by atoms with E-state index >= 15 is 0 Å². The molecule has 0 unspecified atom stereocenters. The summed E-state index contributed by atoms with van der Waals surface area (Å²) in [6.45, 7) is 15.5. The van der Waals surface area contributed by atoms with Crippen LogP contribution in [0, 0.1) is 25.6 Å². The van der Waals surface area contributed by atoms with E-state index < -0.39 is 0 Å². The first-order chi connectivity index (χ1) is 15.9. The molecule has 1 N–H and O–H groups in total. The van der Waals surface area contributed by atoms with Gasteiger partial charge in [0, 0.05) is 35.6 Å². The highest BCUT2D eigenvalue weighted by atomic mass is 19.1. The molecule has 2 aromatic heterocycles. The molecule has 6 nitrogen and oxygen atoms in total. The molecule has 0 saturated carbocycles. The largest absolute Gasteiger partial charge is 0.370 e. The quantitative estimate of drug-likeness (QED) is 0.365. The van der Waals surface area contributed by atoms with Crippen molar-refractivity contribution in [1.29, 1.82) is 0 Å². The maximum Gasteiger partial charge on any atom is 0.182 e. The molecule has 33 heavy (non-hydrogen) atoms. The number of nitrogens with one attached hydrogen (secondary N) is 1. The van der Waals surface area contributed by atoms with Crippen molar-refractivity contribution in [1.82, 2.24) is 19.7 Å². The first-order valence-electron chi connectivity index (χ1n) is 11.8. The minimum absolute atomic E-state index is 0.258. The Morgan fingerprint density at radius 1 is 1.15 bits per heavy atom. The molecular formula is C26H37FN6. The Kier molecular flexibility index (Phi) is 10.2. The van der Waals surface area contributed by atoms with Crippen molar-refractivity contribution in [2.45, 2.75) is 67.9 Å². The standard InChI is InChI=1S/C24H31FN6.C2H6/c1-6-12-27-24-18(5)22(30-31(24)15-19-9-7-8-10-20(19)25)23-28-17(4)14-21(29-23)26-13-11-16(2)3;1-2/h7-10,12,14,16H,6,11,13,15H2,1-5H3,(H,26,28,29);1-2H3/b27-12-;. The summed E-state index contributed by atoms with van der Waals surface area (Å²) in [5.74, 6) is 2.38. The molecule has 0 radical (unpaired) electrons. The van der Waals surface area contributed by atoms with Crippen LogP contribution in [-0.2, 0) is 6.54 Å². The van der Waals surface area contributed by atoms with E-state index in [0.29, 0.717) is 28.8 Å². The van der Waals surface area contributed by atoms with Gasteiger partial charge in [-0.05, 0) is 38.7 Å². The molecule has 7 heteroatoms. The van der Waals surface area contributed by atoms with Gasteiger partial charge in [-0.15, -0.1) is 0 Å². The smallest absolute Gasteiger partial charge is 0.182 e. The lowest BCUT2D eigenvalue weighted by atomic mass is 10.1. The molecule has 1 aromatic carbocycles. The average molecular weight is 453 g/mol. The third kappa shape index (κ3) is 7.20. The summed E-state index contributed by atoms with van der Waals surface area (Å²) in [6, 6.07) is 8.66. The third-order valence-electron chi connectivity index (χ3n) is 4.92. The fraction of sp³-hybridized carbons (Fsp3) is 0.462. The van der Waals surface area contributed by atoms with Crippen molar-refractivity contribution in [2.75, 3.05) is 11.9 Å². The monoisotopic (exact) mass is 452 g/mol. The molecule has 0 fully saturated rings. The maximum absolute atomic E-state index is 14.3. The molecular weight excluding hydrogens is 415 g/mol. The van der Waals surface area contributed by atoms with Crippen molar-refractivity contribution in [3.8, 4) is 11.5 Å². The van der Waals surface area contributed by atoms with E-state index in [-0.39, 0.29) is 12.4 Å². The number of aliphatic imine (C=N–C) groups is 1. The number of benzene rings is 1. The molecule has 0 aliphatic heterocycles. The van der Waals surface area contributed by atoms with Crippen molar-refractivity contribution < 1.29 is 4.39 Å². The van der Waals surface area contributed by atoms with Crippen molar-refractivity contribution in [3.05, 3.63) is 53.0 Å². The Morgan fingerprint density at radius 3 is 2.55 bits per heavy atom. The number of aryl methyl sites for hydroxylation is 1. The normalized spacial score (nSPS) is 11.1. The van der Waals surface area contributed by atoms with Crippen LogP contribution in [0.5, 0.6) is 0 Å². The molecule has 0 spiro atoms. The zero-order chi connectivity index (χ0) is 24.4. The van der Waals surface area contributed by atoms with Gasteiger partial charge in [0.2, 0.25) is 0 Å². The van der Waals surface area contributed by atoms with Crippen LogP contribution < -0.4 is 5.32 Å². The lowest BCUT2D eigenvalue weighted by Crippen LogP contribution is -2.08. The summed E-state index contributed by atoms with van der Waals surface area (Å²) in [6.07, 6.45) is 3.69. The summed E-state index contributed by atoms with van der Waals surface area (Å²) in [5.41, 5.74) is 2.96. The van der Waals surface area contributed by atoms with Gasteiger partial charge in [0.15, 0.2) is 11.6 Å². The number of hydrogen-bond donors (Lipinski definition) is 1. The maximum atomic E-state index is 14.3. The predicted octanol–water partition coefficient (Wildman–Crippen LogP) is 6.74. The van der Waals surface area contributed by atoms with Crippen molar-refractivity contribution in [3.63, 3.8) is 0 Å². The number of halogens is 1. The summed E-state index contributed by atoms with van der Waals surface area (Å²) in [5, 5.41) is 8.13. The van der Waals surface area contributed by atoms with Gasteiger partial charge < -0.3 is 5.32 Å². The SMILES string of the molecule is CC.CC/C=N\c1c(C)c(-c2nc(C)cc(NCCC(C)C)n2)nn1Cc1ccccc1F. The average Bonchev–Trinajstić information content (AvgIpc) is 3.09. The molecule has 178 valence electrons. The Labute approximate surface area is 197 Å². The number of nitrogens with zero attached hydrogens (tertiary/aromatic N) is 5. The van der Waals surface area contributed by atoms with Crippen molar-refractivity contribution in [2.24, 2.45) is 10.9 Å². The van der Waals surface area contributed by atoms with Crippen LogP contribution in [0.2, 0.25) is 0 Å². The second-order valence-electron chi connectivity index (χ2n) is 8.09. The summed E-state index contributed by atoms with van der Waals surface area (Å²) < 4.78 is 16.0. The third-order valence-corrected chi connectivity index (χ3v) is 4.92. The molecule has 0 aliphatic rings.